The first-order valence-corrected chi connectivity index (χ1v) is 5.37. The number of halogens is 1. The van der Waals surface area contributed by atoms with Crippen LogP contribution in [0.5, 0.6) is 0 Å². The van der Waals surface area contributed by atoms with Crippen molar-refractivity contribution in [1.82, 2.24) is 0 Å². The van der Waals surface area contributed by atoms with Crippen LogP contribution in [-0.4, -0.2) is 13.1 Å². The summed E-state index contributed by atoms with van der Waals surface area (Å²) in [4.78, 5) is 11.2. The Bertz CT molecular complexity index is 319. The second-order valence-electron chi connectivity index (χ2n) is 3.44. The van der Waals surface area contributed by atoms with E-state index < -0.39 is 0 Å². The van der Waals surface area contributed by atoms with E-state index >= 15 is 0 Å². The Morgan fingerprint density at radius 2 is 2.00 bits per heavy atom. The molecule has 1 aromatic carbocycles. The largest absolute Gasteiger partial charge is 0.469 e. The summed E-state index contributed by atoms with van der Waals surface area (Å²) in [5.74, 6) is 0.0477. The Labute approximate surface area is 95.2 Å². The molecule has 0 saturated heterocycles. The highest BCUT2D eigenvalue weighted by molar-refractivity contribution is 6.30. The van der Waals surface area contributed by atoms with Gasteiger partial charge in [0.15, 0.2) is 0 Å². The van der Waals surface area contributed by atoms with E-state index in [2.05, 4.69) is 11.7 Å². The fraction of sp³-hybridized carbons (Fsp3) is 0.417. The third-order valence-corrected chi connectivity index (χ3v) is 2.73. The summed E-state index contributed by atoms with van der Waals surface area (Å²) >= 11 is 5.80. The topological polar surface area (TPSA) is 26.3 Å². The van der Waals surface area contributed by atoms with Crippen molar-refractivity contribution in [2.45, 2.75) is 25.7 Å². The van der Waals surface area contributed by atoms with Crippen LogP contribution >= 0.6 is 11.6 Å². The molecule has 0 radical (unpaired) electrons. The molecule has 1 aromatic rings. The molecule has 2 nitrogen and oxygen atoms in total. The van der Waals surface area contributed by atoms with E-state index in [1.54, 1.807) is 0 Å². The summed E-state index contributed by atoms with van der Waals surface area (Å²) in [5, 5.41) is 0.715. The minimum atomic E-state index is -0.170. The first-order valence-electron chi connectivity index (χ1n) is 4.99. The van der Waals surface area contributed by atoms with E-state index in [0.29, 0.717) is 11.4 Å². The van der Waals surface area contributed by atoms with Crippen molar-refractivity contribution < 1.29 is 9.53 Å². The number of methoxy groups -OCH3 is 1. The van der Waals surface area contributed by atoms with Crippen molar-refractivity contribution in [1.29, 1.82) is 0 Å². The minimum absolute atomic E-state index is 0.170. The van der Waals surface area contributed by atoms with Gasteiger partial charge in [-0.25, -0.2) is 0 Å². The summed E-state index contributed by atoms with van der Waals surface area (Å²) in [7, 11) is 1.41. The van der Waals surface area contributed by atoms with Gasteiger partial charge < -0.3 is 4.74 Å². The van der Waals surface area contributed by atoms with Crippen molar-refractivity contribution in [3.8, 4) is 0 Å². The number of esters is 1. The molecule has 0 bridgehead atoms. The van der Waals surface area contributed by atoms with Gasteiger partial charge in [-0.15, -0.1) is 0 Å². The zero-order chi connectivity index (χ0) is 11.3. The highest BCUT2D eigenvalue weighted by atomic mass is 35.5. The van der Waals surface area contributed by atoms with Crippen LogP contribution in [0.25, 0.3) is 0 Å². The van der Waals surface area contributed by atoms with Crippen LogP contribution in [0.4, 0.5) is 0 Å². The molecule has 0 aliphatic carbocycles. The molecular weight excluding hydrogens is 212 g/mol. The fourth-order valence-corrected chi connectivity index (χ4v) is 1.64. The number of carbonyl (C=O) groups excluding carboxylic acids is 1. The summed E-state index contributed by atoms with van der Waals surface area (Å²) in [6, 6.07) is 7.60. The van der Waals surface area contributed by atoms with Gasteiger partial charge in [0.25, 0.3) is 0 Å². The maximum Gasteiger partial charge on any atom is 0.306 e. The maximum absolute atomic E-state index is 11.2. The number of ether oxygens (including phenoxy) is 1. The molecule has 0 aliphatic heterocycles. The van der Waals surface area contributed by atoms with Crippen molar-refractivity contribution >= 4 is 17.6 Å². The highest BCUT2D eigenvalue weighted by Gasteiger charge is 2.14. The Morgan fingerprint density at radius 1 is 1.40 bits per heavy atom. The lowest BCUT2D eigenvalue weighted by Crippen LogP contribution is -2.07. The molecule has 1 rings (SSSR count). The molecular formula is C12H15ClO2. The van der Waals surface area contributed by atoms with Crippen LogP contribution in [0.3, 0.4) is 0 Å². The minimum Gasteiger partial charge on any atom is -0.469 e. The Kier molecular flexibility index (Phi) is 4.63. The van der Waals surface area contributed by atoms with Gasteiger partial charge in [0, 0.05) is 5.02 Å². The monoisotopic (exact) mass is 226 g/mol. The Balaban J connectivity index is 2.74. The zero-order valence-corrected chi connectivity index (χ0v) is 9.75. The molecule has 0 N–H and O–H groups in total. The molecule has 0 aliphatic rings. The third-order valence-electron chi connectivity index (χ3n) is 2.47. The summed E-state index contributed by atoms with van der Waals surface area (Å²) in [6.45, 7) is 2.06. The predicted molar refractivity (Wildman–Crippen MR) is 61.1 cm³/mol. The Hall–Kier alpha value is -1.02. The molecule has 3 heteroatoms. The molecule has 0 spiro atoms. The summed E-state index contributed by atoms with van der Waals surface area (Å²) in [6.07, 6.45) is 1.34. The van der Waals surface area contributed by atoms with Crippen molar-refractivity contribution in [2.24, 2.45) is 0 Å². The number of benzene rings is 1. The normalized spacial score (nSPS) is 12.2. The van der Waals surface area contributed by atoms with Crippen molar-refractivity contribution in [2.75, 3.05) is 7.11 Å². The number of hydrogen-bond donors (Lipinski definition) is 0. The van der Waals surface area contributed by atoms with Crippen LogP contribution in [-0.2, 0) is 9.53 Å². The average molecular weight is 227 g/mol. The molecule has 0 amide bonds. The van der Waals surface area contributed by atoms with Crippen molar-refractivity contribution in [3.63, 3.8) is 0 Å². The van der Waals surface area contributed by atoms with Gasteiger partial charge in [0.1, 0.15) is 0 Å². The van der Waals surface area contributed by atoms with Gasteiger partial charge in [-0.3, -0.25) is 4.79 Å². The van der Waals surface area contributed by atoms with Crippen molar-refractivity contribution in [3.05, 3.63) is 34.9 Å². The van der Waals surface area contributed by atoms with Gasteiger partial charge in [0.05, 0.1) is 13.5 Å². The lowest BCUT2D eigenvalue weighted by Gasteiger charge is -2.13. The molecule has 82 valence electrons. The van der Waals surface area contributed by atoms with Gasteiger partial charge in [-0.1, -0.05) is 30.7 Å². The summed E-state index contributed by atoms with van der Waals surface area (Å²) in [5.41, 5.74) is 1.13. The Morgan fingerprint density at radius 3 is 2.47 bits per heavy atom. The predicted octanol–water partition coefficient (Wildman–Crippen LogP) is 3.40. The number of hydrogen-bond acceptors (Lipinski definition) is 2. The standard InChI is InChI=1S/C12H15ClO2/c1-3-9(8-12(14)15-2)10-4-6-11(13)7-5-10/h4-7,9H,3,8H2,1-2H3. The first kappa shape index (κ1) is 12.1. The molecule has 0 heterocycles. The maximum atomic E-state index is 11.2. The van der Waals surface area contributed by atoms with E-state index in [9.17, 15) is 4.79 Å². The van der Waals surface area contributed by atoms with E-state index in [1.807, 2.05) is 24.3 Å². The van der Waals surface area contributed by atoms with Gasteiger partial charge >= 0.3 is 5.97 Å². The smallest absolute Gasteiger partial charge is 0.306 e. The SMILES string of the molecule is CCC(CC(=O)OC)c1ccc(Cl)cc1. The fourth-order valence-electron chi connectivity index (χ4n) is 1.52. The van der Waals surface area contributed by atoms with E-state index in [0.717, 1.165) is 12.0 Å². The molecule has 0 saturated carbocycles. The first-order chi connectivity index (χ1) is 7.17. The van der Waals surface area contributed by atoms with Gasteiger partial charge in [-0.05, 0) is 30.0 Å². The quantitative estimate of drug-likeness (QED) is 0.736. The van der Waals surface area contributed by atoms with Gasteiger partial charge in [-0.2, -0.15) is 0 Å². The molecule has 0 aromatic heterocycles. The third kappa shape index (κ3) is 3.56. The van der Waals surface area contributed by atoms with Crippen LogP contribution < -0.4 is 0 Å². The summed E-state index contributed by atoms with van der Waals surface area (Å²) < 4.78 is 4.66. The van der Waals surface area contributed by atoms with Crippen LogP contribution in [0.15, 0.2) is 24.3 Å². The van der Waals surface area contributed by atoms with Gasteiger partial charge in [0.2, 0.25) is 0 Å². The lowest BCUT2D eigenvalue weighted by molar-refractivity contribution is -0.141. The second kappa shape index (κ2) is 5.76. The lowest BCUT2D eigenvalue weighted by atomic mass is 9.93. The molecule has 1 unspecified atom stereocenters. The second-order valence-corrected chi connectivity index (χ2v) is 3.87. The van der Waals surface area contributed by atoms with E-state index in [4.69, 9.17) is 11.6 Å². The molecule has 1 atom stereocenters. The zero-order valence-electron chi connectivity index (χ0n) is 9.00. The van der Waals surface area contributed by atoms with E-state index in [1.165, 1.54) is 7.11 Å². The number of rotatable bonds is 4. The van der Waals surface area contributed by atoms with Crippen LogP contribution in [0.1, 0.15) is 31.2 Å². The number of carbonyl (C=O) groups is 1. The van der Waals surface area contributed by atoms with Crippen LogP contribution in [0, 0.1) is 0 Å². The molecule has 0 fully saturated rings. The van der Waals surface area contributed by atoms with Crippen LogP contribution in [0.2, 0.25) is 5.02 Å². The highest BCUT2D eigenvalue weighted by Crippen LogP contribution is 2.24. The average Bonchev–Trinajstić information content (AvgIpc) is 2.27. The van der Waals surface area contributed by atoms with E-state index in [-0.39, 0.29) is 11.9 Å². The molecule has 15 heavy (non-hydrogen) atoms.